The van der Waals surface area contributed by atoms with Crippen molar-refractivity contribution in [3.05, 3.63) is 39.9 Å². The Kier molecular flexibility index (Phi) is 4.67. The van der Waals surface area contributed by atoms with Gasteiger partial charge in [-0.05, 0) is 17.4 Å². The van der Waals surface area contributed by atoms with Crippen LogP contribution in [0.15, 0.2) is 24.3 Å². The fourth-order valence-corrected chi connectivity index (χ4v) is 2.00. The lowest BCUT2D eigenvalue weighted by Gasteiger charge is -2.25. The molecule has 0 aliphatic carbocycles. The minimum Gasteiger partial charge on any atom is -0.258 e. The summed E-state index contributed by atoms with van der Waals surface area (Å²) in [4.78, 5) is 10.2. The number of nitrogens with zero attached hydrogens (tertiary/aromatic N) is 1. The number of nitro benzene ring substituents is 1. The Morgan fingerprint density at radius 1 is 1.18 bits per heavy atom. The van der Waals surface area contributed by atoms with Gasteiger partial charge in [0, 0.05) is 12.1 Å². The molecule has 0 bridgehead atoms. The predicted octanol–water partition coefficient (Wildman–Crippen LogP) is 4.45. The van der Waals surface area contributed by atoms with Gasteiger partial charge in [0.15, 0.2) is 0 Å². The molecule has 1 aromatic carbocycles. The quantitative estimate of drug-likeness (QED) is 0.415. The first kappa shape index (κ1) is 13.7. The molecule has 0 aliphatic heterocycles. The van der Waals surface area contributed by atoms with Gasteiger partial charge in [-0.3, -0.25) is 10.1 Å². The van der Waals surface area contributed by atoms with E-state index in [1.165, 1.54) is 24.8 Å². The van der Waals surface area contributed by atoms with E-state index in [1.54, 1.807) is 12.1 Å². The van der Waals surface area contributed by atoms with Gasteiger partial charge in [-0.25, -0.2) is 0 Å². The molecule has 0 aliphatic rings. The highest BCUT2D eigenvalue weighted by Gasteiger charge is 2.20. The van der Waals surface area contributed by atoms with Crippen LogP contribution in [-0.4, -0.2) is 4.92 Å². The molecule has 17 heavy (non-hydrogen) atoms. The first-order valence-electron chi connectivity index (χ1n) is 6.22. The van der Waals surface area contributed by atoms with Gasteiger partial charge >= 0.3 is 0 Å². The summed E-state index contributed by atoms with van der Waals surface area (Å²) >= 11 is 0. The second-order valence-corrected chi connectivity index (χ2v) is 5.14. The molecule has 0 spiro atoms. The van der Waals surface area contributed by atoms with Crippen molar-refractivity contribution in [2.75, 3.05) is 0 Å². The van der Waals surface area contributed by atoms with Gasteiger partial charge in [-0.15, -0.1) is 0 Å². The Labute approximate surface area is 103 Å². The van der Waals surface area contributed by atoms with Crippen molar-refractivity contribution >= 4 is 5.69 Å². The first-order chi connectivity index (χ1) is 7.97. The fourth-order valence-electron chi connectivity index (χ4n) is 2.00. The third-order valence-electron chi connectivity index (χ3n) is 3.26. The van der Waals surface area contributed by atoms with Crippen molar-refractivity contribution in [2.45, 2.75) is 51.9 Å². The van der Waals surface area contributed by atoms with Crippen LogP contribution in [0.1, 0.15) is 52.0 Å². The minimum atomic E-state index is -0.353. The zero-order chi connectivity index (χ0) is 12.9. The van der Waals surface area contributed by atoms with Gasteiger partial charge < -0.3 is 0 Å². The SMILES string of the molecule is CCCCCC(C)(C)c1ccc([N+](=O)[O-])cc1. The van der Waals surface area contributed by atoms with Crippen LogP contribution in [0.25, 0.3) is 0 Å². The van der Waals surface area contributed by atoms with Gasteiger partial charge in [0.25, 0.3) is 5.69 Å². The summed E-state index contributed by atoms with van der Waals surface area (Å²) in [6.07, 6.45) is 4.80. The van der Waals surface area contributed by atoms with Gasteiger partial charge in [0.2, 0.25) is 0 Å². The van der Waals surface area contributed by atoms with Crippen LogP contribution < -0.4 is 0 Å². The summed E-state index contributed by atoms with van der Waals surface area (Å²) in [7, 11) is 0. The number of rotatable bonds is 6. The average Bonchev–Trinajstić information content (AvgIpc) is 2.29. The van der Waals surface area contributed by atoms with E-state index in [4.69, 9.17) is 0 Å². The van der Waals surface area contributed by atoms with Crippen molar-refractivity contribution < 1.29 is 4.92 Å². The van der Waals surface area contributed by atoms with E-state index >= 15 is 0 Å². The molecular formula is C14H21NO2. The minimum absolute atomic E-state index is 0.101. The Bertz CT molecular complexity index is 368. The fraction of sp³-hybridized carbons (Fsp3) is 0.571. The molecule has 0 heterocycles. The summed E-state index contributed by atoms with van der Waals surface area (Å²) in [6.45, 7) is 6.59. The molecule has 0 aromatic heterocycles. The highest BCUT2D eigenvalue weighted by molar-refractivity contribution is 5.35. The number of nitro groups is 1. The van der Waals surface area contributed by atoms with Gasteiger partial charge in [-0.2, -0.15) is 0 Å². The second kappa shape index (κ2) is 5.80. The smallest absolute Gasteiger partial charge is 0.258 e. The van der Waals surface area contributed by atoms with Crippen molar-refractivity contribution in [3.63, 3.8) is 0 Å². The molecule has 0 fully saturated rings. The monoisotopic (exact) mass is 235 g/mol. The topological polar surface area (TPSA) is 43.1 Å². The molecule has 0 saturated heterocycles. The molecule has 3 heteroatoms. The number of hydrogen-bond acceptors (Lipinski definition) is 2. The molecule has 0 saturated carbocycles. The molecule has 1 aromatic rings. The molecule has 1 rings (SSSR count). The predicted molar refractivity (Wildman–Crippen MR) is 70.3 cm³/mol. The third kappa shape index (κ3) is 3.84. The Hall–Kier alpha value is -1.38. The zero-order valence-corrected chi connectivity index (χ0v) is 10.9. The molecular weight excluding hydrogens is 214 g/mol. The van der Waals surface area contributed by atoms with Crippen molar-refractivity contribution in [1.82, 2.24) is 0 Å². The molecule has 0 amide bonds. The van der Waals surface area contributed by atoms with E-state index in [-0.39, 0.29) is 16.0 Å². The van der Waals surface area contributed by atoms with E-state index in [0.717, 1.165) is 6.42 Å². The van der Waals surface area contributed by atoms with Crippen LogP contribution in [0.2, 0.25) is 0 Å². The highest BCUT2D eigenvalue weighted by atomic mass is 16.6. The molecule has 0 unspecified atom stereocenters. The summed E-state index contributed by atoms with van der Waals surface area (Å²) in [5, 5.41) is 10.6. The Balaban J connectivity index is 2.73. The van der Waals surface area contributed by atoms with Crippen molar-refractivity contribution in [3.8, 4) is 0 Å². The lowest BCUT2D eigenvalue weighted by atomic mass is 9.80. The maximum atomic E-state index is 10.6. The number of benzene rings is 1. The van der Waals surface area contributed by atoms with E-state index in [2.05, 4.69) is 20.8 Å². The molecule has 3 nitrogen and oxygen atoms in total. The van der Waals surface area contributed by atoms with E-state index < -0.39 is 0 Å². The third-order valence-corrected chi connectivity index (χ3v) is 3.26. The standard InChI is InChI=1S/C14H21NO2/c1-4-5-6-11-14(2,3)12-7-9-13(10-8-12)15(16)17/h7-10H,4-6,11H2,1-3H3. The highest BCUT2D eigenvalue weighted by Crippen LogP contribution is 2.30. The van der Waals surface area contributed by atoms with E-state index in [0.29, 0.717) is 0 Å². The lowest BCUT2D eigenvalue weighted by Crippen LogP contribution is -2.16. The van der Waals surface area contributed by atoms with Crippen LogP contribution >= 0.6 is 0 Å². The largest absolute Gasteiger partial charge is 0.269 e. The van der Waals surface area contributed by atoms with Crippen LogP contribution in [0.3, 0.4) is 0 Å². The lowest BCUT2D eigenvalue weighted by molar-refractivity contribution is -0.384. The van der Waals surface area contributed by atoms with Crippen molar-refractivity contribution in [2.24, 2.45) is 0 Å². The van der Waals surface area contributed by atoms with Crippen molar-refractivity contribution in [1.29, 1.82) is 0 Å². The summed E-state index contributed by atoms with van der Waals surface area (Å²) in [5.41, 5.74) is 1.45. The normalized spacial score (nSPS) is 11.5. The van der Waals surface area contributed by atoms with Gasteiger partial charge in [-0.1, -0.05) is 52.2 Å². The molecule has 0 N–H and O–H groups in total. The first-order valence-corrected chi connectivity index (χ1v) is 6.22. The number of unbranched alkanes of at least 4 members (excludes halogenated alkanes) is 2. The molecule has 94 valence electrons. The number of non-ortho nitro benzene ring substituents is 1. The molecule has 0 atom stereocenters. The summed E-state index contributed by atoms with van der Waals surface area (Å²) in [5.74, 6) is 0. The Morgan fingerprint density at radius 2 is 1.76 bits per heavy atom. The van der Waals surface area contributed by atoms with Gasteiger partial charge in [0.05, 0.1) is 4.92 Å². The summed E-state index contributed by atoms with van der Waals surface area (Å²) in [6, 6.07) is 6.95. The van der Waals surface area contributed by atoms with Crippen LogP contribution in [-0.2, 0) is 5.41 Å². The van der Waals surface area contributed by atoms with E-state index in [9.17, 15) is 10.1 Å². The van der Waals surface area contributed by atoms with Gasteiger partial charge in [0.1, 0.15) is 0 Å². The summed E-state index contributed by atoms with van der Waals surface area (Å²) < 4.78 is 0. The maximum Gasteiger partial charge on any atom is 0.269 e. The molecule has 0 radical (unpaired) electrons. The Morgan fingerprint density at radius 3 is 2.24 bits per heavy atom. The average molecular weight is 235 g/mol. The second-order valence-electron chi connectivity index (χ2n) is 5.14. The maximum absolute atomic E-state index is 10.6. The van der Waals surface area contributed by atoms with Crippen LogP contribution in [0.5, 0.6) is 0 Å². The van der Waals surface area contributed by atoms with Crippen LogP contribution in [0, 0.1) is 10.1 Å². The van der Waals surface area contributed by atoms with Crippen LogP contribution in [0.4, 0.5) is 5.69 Å². The zero-order valence-electron chi connectivity index (χ0n) is 10.9. The number of hydrogen-bond donors (Lipinski definition) is 0. The van der Waals surface area contributed by atoms with E-state index in [1.807, 2.05) is 12.1 Å².